The van der Waals surface area contributed by atoms with Gasteiger partial charge in [0.05, 0.1) is 12.2 Å². The van der Waals surface area contributed by atoms with E-state index in [0.717, 1.165) is 44.4 Å². The number of alkyl halides is 2. The molecular formula is C20H30F2O. The third-order valence-corrected chi connectivity index (χ3v) is 7.21. The van der Waals surface area contributed by atoms with Crippen LogP contribution in [-0.2, 0) is 4.74 Å². The fraction of sp³-hybridized carbons (Fsp3) is 0.900. The Kier molecular flexibility index (Phi) is 4.28. The summed E-state index contributed by atoms with van der Waals surface area (Å²) in [6.07, 6.45) is 6.96. The van der Waals surface area contributed by atoms with Crippen LogP contribution in [-0.4, -0.2) is 24.6 Å². The van der Waals surface area contributed by atoms with Crippen molar-refractivity contribution in [2.75, 3.05) is 0 Å². The van der Waals surface area contributed by atoms with Crippen molar-refractivity contribution in [2.24, 2.45) is 29.6 Å². The molecule has 1 heterocycles. The Hall–Kier alpha value is -0.440. The molecule has 0 bridgehead atoms. The Morgan fingerprint density at radius 3 is 2.30 bits per heavy atom. The van der Waals surface area contributed by atoms with Crippen LogP contribution in [0.15, 0.2) is 11.6 Å². The lowest BCUT2D eigenvalue weighted by atomic mass is 9.66. The molecule has 1 aliphatic heterocycles. The van der Waals surface area contributed by atoms with E-state index in [1.54, 1.807) is 0 Å². The predicted octanol–water partition coefficient (Wildman–Crippen LogP) is 5.25. The van der Waals surface area contributed by atoms with Gasteiger partial charge in [-0.2, -0.15) is 0 Å². The van der Waals surface area contributed by atoms with Gasteiger partial charge in [-0.25, -0.2) is 8.78 Å². The zero-order valence-electron chi connectivity index (χ0n) is 14.4. The average molecular weight is 324 g/mol. The maximum atomic E-state index is 15.3. The molecule has 0 aromatic rings. The minimum atomic E-state index is -0.929. The summed E-state index contributed by atoms with van der Waals surface area (Å²) in [5.41, 5.74) is 1.32. The molecule has 130 valence electrons. The standard InChI is InChI=1S/C20H30F2O/c1-11-3-6-13(7-4-11)14-9-10-16-15-8-5-12(2)17(21)19(15)23-20(16)18(14)22/h6,11-12,14-20H,3-5,7-10H2,1-2H3. The maximum Gasteiger partial charge on any atom is 0.133 e. The number of allylic oxidation sites excluding steroid dienone is 2. The number of halogens is 2. The van der Waals surface area contributed by atoms with E-state index in [4.69, 9.17) is 4.74 Å². The molecule has 23 heavy (non-hydrogen) atoms. The minimum Gasteiger partial charge on any atom is -0.368 e. The molecule has 0 N–H and O–H groups in total. The van der Waals surface area contributed by atoms with Gasteiger partial charge in [0.25, 0.3) is 0 Å². The van der Waals surface area contributed by atoms with Gasteiger partial charge in [-0.05, 0) is 68.6 Å². The predicted molar refractivity (Wildman–Crippen MR) is 87.7 cm³/mol. The monoisotopic (exact) mass is 324 g/mol. The van der Waals surface area contributed by atoms with Crippen LogP contribution >= 0.6 is 0 Å². The largest absolute Gasteiger partial charge is 0.368 e. The molecule has 4 aliphatic rings. The molecule has 1 saturated heterocycles. The molecular weight excluding hydrogens is 294 g/mol. The molecule has 0 aromatic heterocycles. The normalized spacial score (nSPS) is 53.4. The van der Waals surface area contributed by atoms with Gasteiger partial charge in [0.2, 0.25) is 0 Å². The van der Waals surface area contributed by atoms with Crippen LogP contribution < -0.4 is 0 Å². The van der Waals surface area contributed by atoms with Gasteiger partial charge in [0.15, 0.2) is 0 Å². The van der Waals surface area contributed by atoms with Crippen molar-refractivity contribution >= 4 is 0 Å². The second kappa shape index (κ2) is 6.13. The third kappa shape index (κ3) is 2.67. The fourth-order valence-electron chi connectivity index (χ4n) is 5.66. The van der Waals surface area contributed by atoms with Gasteiger partial charge in [0, 0.05) is 5.92 Å². The summed E-state index contributed by atoms with van der Waals surface area (Å²) in [6, 6.07) is 0. The lowest BCUT2D eigenvalue weighted by molar-refractivity contribution is -0.0822. The highest BCUT2D eigenvalue weighted by Gasteiger charge is 2.56. The van der Waals surface area contributed by atoms with Crippen LogP contribution in [0.3, 0.4) is 0 Å². The zero-order valence-corrected chi connectivity index (χ0v) is 14.4. The molecule has 9 unspecified atom stereocenters. The number of rotatable bonds is 1. The quantitative estimate of drug-likeness (QED) is 0.599. The molecule has 3 heteroatoms. The van der Waals surface area contributed by atoms with Crippen molar-refractivity contribution < 1.29 is 13.5 Å². The van der Waals surface area contributed by atoms with Crippen molar-refractivity contribution in [3.05, 3.63) is 11.6 Å². The van der Waals surface area contributed by atoms with E-state index in [2.05, 4.69) is 13.0 Å². The molecule has 2 saturated carbocycles. The van der Waals surface area contributed by atoms with E-state index in [0.29, 0.717) is 0 Å². The Morgan fingerprint density at radius 2 is 1.61 bits per heavy atom. The Balaban J connectivity index is 1.50. The van der Waals surface area contributed by atoms with Crippen molar-refractivity contribution in [3.63, 3.8) is 0 Å². The van der Waals surface area contributed by atoms with Crippen molar-refractivity contribution in [3.8, 4) is 0 Å². The van der Waals surface area contributed by atoms with Crippen LogP contribution in [0.2, 0.25) is 0 Å². The van der Waals surface area contributed by atoms with E-state index in [1.165, 1.54) is 12.0 Å². The molecule has 3 fully saturated rings. The summed E-state index contributed by atoms with van der Waals surface area (Å²) in [6.45, 7) is 4.24. The Labute approximate surface area is 138 Å². The fourth-order valence-corrected chi connectivity index (χ4v) is 5.66. The summed E-state index contributed by atoms with van der Waals surface area (Å²) < 4.78 is 35.8. The van der Waals surface area contributed by atoms with Gasteiger partial charge in [-0.15, -0.1) is 0 Å². The number of hydrogen-bond donors (Lipinski definition) is 0. The Morgan fingerprint density at radius 1 is 0.913 bits per heavy atom. The number of fused-ring (bicyclic) bond motifs is 3. The van der Waals surface area contributed by atoms with Gasteiger partial charge in [-0.1, -0.05) is 25.5 Å². The molecule has 3 aliphatic carbocycles. The van der Waals surface area contributed by atoms with E-state index in [-0.39, 0.29) is 35.9 Å². The Bertz CT molecular complexity index is 476. The van der Waals surface area contributed by atoms with E-state index >= 15 is 4.39 Å². The molecule has 0 radical (unpaired) electrons. The molecule has 1 nitrogen and oxygen atoms in total. The van der Waals surface area contributed by atoms with Gasteiger partial charge in [0.1, 0.15) is 12.3 Å². The summed E-state index contributed by atoms with van der Waals surface area (Å²) in [4.78, 5) is 0. The summed E-state index contributed by atoms with van der Waals surface area (Å²) in [5.74, 6) is 1.32. The molecule has 9 atom stereocenters. The van der Waals surface area contributed by atoms with Crippen LogP contribution in [0.4, 0.5) is 8.78 Å². The highest BCUT2D eigenvalue weighted by Crippen LogP contribution is 2.52. The molecule has 0 spiro atoms. The van der Waals surface area contributed by atoms with Gasteiger partial charge in [-0.3, -0.25) is 0 Å². The smallest absolute Gasteiger partial charge is 0.133 e. The van der Waals surface area contributed by atoms with E-state index in [9.17, 15) is 4.39 Å². The first-order chi connectivity index (χ1) is 11.1. The minimum absolute atomic E-state index is 0.0272. The van der Waals surface area contributed by atoms with Gasteiger partial charge < -0.3 is 4.74 Å². The molecule has 0 amide bonds. The highest BCUT2D eigenvalue weighted by molar-refractivity contribution is 5.16. The highest BCUT2D eigenvalue weighted by atomic mass is 19.1. The summed E-state index contributed by atoms with van der Waals surface area (Å²) >= 11 is 0. The molecule has 0 aromatic carbocycles. The first-order valence-electron chi connectivity index (χ1n) is 9.68. The van der Waals surface area contributed by atoms with E-state index < -0.39 is 12.3 Å². The molecule has 4 rings (SSSR count). The van der Waals surface area contributed by atoms with Crippen molar-refractivity contribution in [2.45, 2.75) is 83.3 Å². The summed E-state index contributed by atoms with van der Waals surface area (Å²) in [5, 5.41) is 0. The van der Waals surface area contributed by atoms with Crippen LogP contribution in [0.5, 0.6) is 0 Å². The van der Waals surface area contributed by atoms with Gasteiger partial charge >= 0.3 is 0 Å². The van der Waals surface area contributed by atoms with Crippen LogP contribution in [0, 0.1) is 29.6 Å². The number of hydrogen-bond acceptors (Lipinski definition) is 1. The lowest BCUT2D eigenvalue weighted by Crippen LogP contribution is -2.41. The van der Waals surface area contributed by atoms with Crippen molar-refractivity contribution in [1.82, 2.24) is 0 Å². The zero-order chi connectivity index (χ0) is 16.1. The first-order valence-corrected chi connectivity index (χ1v) is 9.68. The second-order valence-electron chi connectivity index (χ2n) is 8.68. The van der Waals surface area contributed by atoms with Crippen molar-refractivity contribution in [1.29, 1.82) is 0 Å². The SMILES string of the molecule is CC1CC=C(C2CCC3C4CCC(C)C(F)C4OC3C2F)CC1. The first kappa shape index (κ1) is 16.1. The van der Waals surface area contributed by atoms with Crippen LogP contribution in [0.25, 0.3) is 0 Å². The average Bonchev–Trinajstić information content (AvgIpc) is 2.93. The number of ether oxygens (including phenoxy) is 1. The second-order valence-corrected chi connectivity index (χ2v) is 8.68. The topological polar surface area (TPSA) is 9.23 Å². The van der Waals surface area contributed by atoms with Crippen LogP contribution in [0.1, 0.15) is 58.8 Å². The summed E-state index contributed by atoms with van der Waals surface area (Å²) in [7, 11) is 0. The van der Waals surface area contributed by atoms with E-state index in [1.807, 2.05) is 6.92 Å². The third-order valence-electron chi connectivity index (χ3n) is 7.21. The maximum absolute atomic E-state index is 15.3. The lowest BCUT2D eigenvalue weighted by Gasteiger charge is -2.39.